The zero-order valence-corrected chi connectivity index (χ0v) is 16.2. The maximum absolute atomic E-state index is 12.1. The monoisotopic (exact) mass is 374 g/mol. The number of hydrogen-bond acceptors (Lipinski definition) is 5. The van der Waals surface area contributed by atoms with Crippen LogP contribution in [0.3, 0.4) is 0 Å². The van der Waals surface area contributed by atoms with E-state index < -0.39 is 0 Å². The van der Waals surface area contributed by atoms with Gasteiger partial charge in [0.15, 0.2) is 10.6 Å². The molecule has 0 N–H and O–H groups in total. The minimum Gasteiger partial charge on any atom is -0.466 e. The fourth-order valence-electron chi connectivity index (χ4n) is 3.44. The number of rotatable bonds is 6. The largest absolute Gasteiger partial charge is 0.466 e. The van der Waals surface area contributed by atoms with Crippen molar-refractivity contribution in [2.75, 3.05) is 19.7 Å². The molecule has 0 aliphatic carbocycles. The van der Waals surface area contributed by atoms with E-state index in [-0.39, 0.29) is 11.9 Å². The van der Waals surface area contributed by atoms with Crippen LogP contribution in [0.25, 0.3) is 11.4 Å². The summed E-state index contributed by atoms with van der Waals surface area (Å²) in [7, 11) is 0. The molecule has 0 bridgehead atoms. The van der Waals surface area contributed by atoms with Crippen molar-refractivity contribution in [1.82, 2.24) is 19.2 Å². The van der Waals surface area contributed by atoms with Crippen molar-refractivity contribution in [3.8, 4) is 11.4 Å². The SMILES string of the molecule is CCOC(=O)[C@@H]1CCCN(Cn2nc(-c3ccccc3)n(CC)c2=S)C1. The molecule has 0 spiro atoms. The van der Waals surface area contributed by atoms with Crippen LogP contribution in [-0.2, 0) is 22.7 Å². The van der Waals surface area contributed by atoms with Gasteiger partial charge in [-0.2, -0.15) is 5.10 Å². The standard InChI is InChI=1S/C19H26N4O2S/c1-3-22-17(15-9-6-5-7-10-15)20-23(19(22)26)14-21-12-8-11-16(13-21)18(24)25-4-2/h5-7,9-10,16H,3-4,8,11-14H2,1-2H3/t16-/m1/s1. The van der Waals surface area contributed by atoms with Crippen LogP contribution in [0.2, 0.25) is 0 Å². The Hall–Kier alpha value is -1.99. The molecule has 1 aliphatic heterocycles. The van der Waals surface area contributed by atoms with Crippen molar-refractivity contribution in [3.05, 3.63) is 35.1 Å². The van der Waals surface area contributed by atoms with E-state index >= 15 is 0 Å². The molecule has 140 valence electrons. The van der Waals surface area contributed by atoms with E-state index in [0.29, 0.717) is 24.6 Å². The molecule has 1 aromatic heterocycles. The lowest BCUT2D eigenvalue weighted by Crippen LogP contribution is -2.40. The maximum Gasteiger partial charge on any atom is 0.310 e. The Morgan fingerprint density at radius 2 is 2.08 bits per heavy atom. The molecule has 1 fully saturated rings. The molecule has 6 nitrogen and oxygen atoms in total. The minimum absolute atomic E-state index is 0.0558. The molecule has 0 radical (unpaired) electrons. The summed E-state index contributed by atoms with van der Waals surface area (Å²) in [6.45, 7) is 7.36. The zero-order valence-electron chi connectivity index (χ0n) is 15.4. The van der Waals surface area contributed by atoms with Crippen LogP contribution in [0.5, 0.6) is 0 Å². The fraction of sp³-hybridized carbons (Fsp3) is 0.526. The Morgan fingerprint density at radius 3 is 2.77 bits per heavy atom. The highest BCUT2D eigenvalue weighted by atomic mass is 32.1. The predicted octanol–water partition coefficient (Wildman–Crippen LogP) is 3.33. The Morgan fingerprint density at radius 1 is 1.31 bits per heavy atom. The van der Waals surface area contributed by atoms with E-state index in [4.69, 9.17) is 22.1 Å². The molecule has 2 heterocycles. The number of nitrogens with zero attached hydrogens (tertiary/aromatic N) is 4. The molecule has 1 atom stereocenters. The molecule has 0 saturated carbocycles. The van der Waals surface area contributed by atoms with Crippen molar-refractivity contribution in [3.63, 3.8) is 0 Å². The van der Waals surface area contributed by atoms with Gasteiger partial charge < -0.3 is 9.30 Å². The lowest BCUT2D eigenvalue weighted by atomic mass is 9.99. The Kier molecular flexibility index (Phi) is 6.21. The summed E-state index contributed by atoms with van der Waals surface area (Å²) < 4.78 is 9.82. The molecule has 0 unspecified atom stereocenters. The van der Waals surface area contributed by atoms with Gasteiger partial charge in [-0.1, -0.05) is 30.3 Å². The number of esters is 1. The third kappa shape index (κ3) is 4.04. The third-order valence-corrected chi connectivity index (χ3v) is 5.16. The number of ether oxygens (including phenoxy) is 1. The van der Waals surface area contributed by atoms with Gasteiger partial charge in [-0.3, -0.25) is 9.69 Å². The Balaban J connectivity index is 1.79. The second-order valence-corrected chi connectivity index (χ2v) is 6.89. The number of hydrogen-bond donors (Lipinski definition) is 0. The van der Waals surface area contributed by atoms with Crippen molar-refractivity contribution < 1.29 is 9.53 Å². The summed E-state index contributed by atoms with van der Waals surface area (Å²) in [6, 6.07) is 10.1. The number of carbonyl (C=O) groups excluding carboxylic acids is 1. The van der Waals surface area contributed by atoms with E-state index in [1.54, 1.807) is 0 Å². The molecule has 26 heavy (non-hydrogen) atoms. The summed E-state index contributed by atoms with van der Waals surface area (Å²) in [6.07, 6.45) is 1.87. The van der Waals surface area contributed by atoms with E-state index in [1.165, 1.54) is 0 Å². The normalized spacial score (nSPS) is 18.0. The molecular weight excluding hydrogens is 348 g/mol. The van der Waals surface area contributed by atoms with Crippen molar-refractivity contribution in [2.45, 2.75) is 39.9 Å². The van der Waals surface area contributed by atoms with Crippen LogP contribution in [0.4, 0.5) is 0 Å². The fourth-order valence-corrected chi connectivity index (χ4v) is 3.76. The first-order valence-electron chi connectivity index (χ1n) is 9.26. The van der Waals surface area contributed by atoms with E-state index in [0.717, 1.165) is 37.3 Å². The number of carbonyl (C=O) groups is 1. The number of piperidine rings is 1. The average Bonchev–Trinajstić information content (AvgIpc) is 2.98. The smallest absolute Gasteiger partial charge is 0.310 e. The maximum atomic E-state index is 12.1. The van der Waals surface area contributed by atoms with Crippen LogP contribution in [0.15, 0.2) is 30.3 Å². The van der Waals surface area contributed by atoms with Gasteiger partial charge in [-0.25, -0.2) is 4.68 Å². The molecule has 7 heteroatoms. The number of likely N-dealkylation sites (tertiary alicyclic amines) is 1. The Bertz CT molecular complexity index is 800. The second-order valence-electron chi connectivity index (χ2n) is 6.53. The molecule has 2 aromatic rings. The molecule has 1 aromatic carbocycles. The highest BCUT2D eigenvalue weighted by Gasteiger charge is 2.27. The molecular formula is C19H26N4O2S. The van der Waals surface area contributed by atoms with Gasteiger partial charge in [-0.15, -0.1) is 0 Å². The molecule has 3 rings (SSSR count). The van der Waals surface area contributed by atoms with E-state index in [1.807, 2.05) is 41.9 Å². The summed E-state index contributed by atoms with van der Waals surface area (Å²) in [5.41, 5.74) is 1.06. The summed E-state index contributed by atoms with van der Waals surface area (Å²) >= 11 is 5.65. The van der Waals surface area contributed by atoms with E-state index in [9.17, 15) is 4.79 Å². The molecule has 1 saturated heterocycles. The third-order valence-electron chi connectivity index (χ3n) is 4.73. The summed E-state index contributed by atoms with van der Waals surface area (Å²) in [4.78, 5) is 14.3. The van der Waals surface area contributed by atoms with Gasteiger partial charge in [0.2, 0.25) is 0 Å². The van der Waals surface area contributed by atoms with Crippen LogP contribution in [0.1, 0.15) is 26.7 Å². The lowest BCUT2D eigenvalue weighted by Gasteiger charge is -2.31. The quantitative estimate of drug-likeness (QED) is 0.573. The van der Waals surface area contributed by atoms with Gasteiger partial charge in [-0.05, 0) is 45.5 Å². The Labute approximate surface area is 159 Å². The van der Waals surface area contributed by atoms with Gasteiger partial charge in [0, 0.05) is 18.7 Å². The zero-order chi connectivity index (χ0) is 18.5. The van der Waals surface area contributed by atoms with Gasteiger partial charge >= 0.3 is 5.97 Å². The van der Waals surface area contributed by atoms with Crippen LogP contribution in [0, 0.1) is 10.7 Å². The van der Waals surface area contributed by atoms with Crippen molar-refractivity contribution >= 4 is 18.2 Å². The molecule has 1 aliphatic rings. The van der Waals surface area contributed by atoms with Crippen LogP contribution in [-0.4, -0.2) is 44.9 Å². The highest BCUT2D eigenvalue weighted by molar-refractivity contribution is 7.71. The van der Waals surface area contributed by atoms with Gasteiger partial charge in [0.25, 0.3) is 0 Å². The van der Waals surface area contributed by atoms with Gasteiger partial charge in [0.05, 0.1) is 19.2 Å². The van der Waals surface area contributed by atoms with Crippen LogP contribution < -0.4 is 0 Å². The van der Waals surface area contributed by atoms with Crippen molar-refractivity contribution in [1.29, 1.82) is 0 Å². The second kappa shape index (κ2) is 8.60. The summed E-state index contributed by atoms with van der Waals surface area (Å²) in [5, 5.41) is 4.77. The summed E-state index contributed by atoms with van der Waals surface area (Å²) in [5.74, 6) is 0.738. The number of benzene rings is 1. The first-order chi connectivity index (χ1) is 12.6. The highest BCUT2D eigenvalue weighted by Crippen LogP contribution is 2.21. The lowest BCUT2D eigenvalue weighted by molar-refractivity contribution is -0.150. The topological polar surface area (TPSA) is 52.3 Å². The number of aromatic nitrogens is 3. The molecule has 0 amide bonds. The average molecular weight is 375 g/mol. The van der Waals surface area contributed by atoms with E-state index in [2.05, 4.69) is 16.4 Å². The van der Waals surface area contributed by atoms with Gasteiger partial charge in [0.1, 0.15) is 0 Å². The first kappa shape index (κ1) is 18.8. The first-order valence-corrected chi connectivity index (χ1v) is 9.66. The van der Waals surface area contributed by atoms with Crippen molar-refractivity contribution in [2.24, 2.45) is 5.92 Å². The minimum atomic E-state index is -0.0927. The van der Waals surface area contributed by atoms with Crippen LogP contribution >= 0.6 is 12.2 Å². The predicted molar refractivity (Wildman–Crippen MR) is 103 cm³/mol.